The number of hydrogen-bond acceptors (Lipinski definition) is 2. The van der Waals surface area contributed by atoms with Gasteiger partial charge >= 0.3 is 0 Å². The van der Waals surface area contributed by atoms with E-state index in [1.165, 1.54) is 12.8 Å². The summed E-state index contributed by atoms with van der Waals surface area (Å²) in [5.41, 5.74) is 7.86. The van der Waals surface area contributed by atoms with E-state index in [9.17, 15) is 0 Å². The van der Waals surface area contributed by atoms with Crippen LogP contribution < -0.4 is 11.1 Å². The molecule has 0 saturated carbocycles. The maximum atomic E-state index is 5.90. The Morgan fingerprint density at radius 3 is 2.62 bits per heavy atom. The monoisotopic (exact) mass is 404 g/mol. The van der Waals surface area contributed by atoms with Gasteiger partial charge in [-0.1, -0.05) is 32.8 Å². The van der Waals surface area contributed by atoms with Crippen molar-refractivity contribution in [1.82, 2.24) is 10.3 Å². The highest BCUT2D eigenvalue weighted by Crippen LogP contribution is 2.08. The summed E-state index contributed by atoms with van der Waals surface area (Å²) in [6.45, 7) is 9.16. The Morgan fingerprint density at radius 2 is 2.00 bits per heavy atom. The summed E-state index contributed by atoms with van der Waals surface area (Å²) in [6, 6.07) is 6.30. The van der Waals surface area contributed by atoms with Crippen LogP contribution in [-0.4, -0.2) is 17.0 Å². The van der Waals surface area contributed by atoms with E-state index in [2.05, 4.69) is 36.1 Å². The molecule has 1 unspecified atom stereocenters. The van der Waals surface area contributed by atoms with E-state index in [1.54, 1.807) is 0 Å². The molecule has 0 aliphatic heterocycles. The fourth-order valence-corrected chi connectivity index (χ4v) is 2.06. The molecule has 1 aromatic rings. The lowest BCUT2D eigenvalue weighted by Crippen LogP contribution is -2.38. The molecule has 0 aliphatic carbocycles. The second kappa shape index (κ2) is 10.8. The minimum absolute atomic E-state index is 0. The van der Waals surface area contributed by atoms with Crippen LogP contribution in [0.2, 0.25) is 0 Å². The summed E-state index contributed by atoms with van der Waals surface area (Å²) in [5, 5.41) is 3.24. The molecule has 0 saturated heterocycles. The van der Waals surface area contributed by atoms with Crippen LogP contribution in [0.25, 0.3) is 0 Å². The van der Waals surface area contributed by atoms with Crippen molar-refractivity contribution in [2.45, 2.75) is 59.5 Å². The van der Waals surface area contributed by atoms with Crippen LogP contribution in [0.5, 0.6) is 0 Å². The zero-order chi connectivity index (χ0) is 15.0. The number of guanidine groups is 1. The molecule has 0 bridgehead atoms. The molecule has 1 rings (SSSR count). The highest BCUT2D eigenvalue weighted by atomic mass is 127. The molecule has 0 fully saturated rings. The van der Waals surface area contributed by atoms with Crippen molar-refractivity contribution in [2.75, 3.05) is 0 Å². The van der Waals surface area contributed by atoms with Crippen molar-refractivity contribution in [3.63, 3.8) is 0 Å². The smallest absolute Gasteiger partial charge is 0.189 e. The fourth-order valence-electron chi connectivity index (χ4n) is 2.06. The summed E-state index contributed by atoms with van der Waals surface area (Å²) in [6.07, 6.45) is 3.60. The summed E-state index contributed by atoms with van der Waals surface area (Å²) in [7, 11) is 0. The minimum Gasteiger partial charge on any atom is -0.370 e. The van der Waals surface area contributed by atoms with Crippen molar-refractivity contribution in [2.24, 2.45) is 16.6 Å². The Kier molecular flexibility index (Phi) is 10.4. The number of nitrogens with zero attached hydrogens (tertiary/aromatic N) is 2. The van der Waals surface area contributed by atoms with Crippen molar-refractivity contribution in [1.29, 1.82) is 0 Å². The van der Waals surface area contributed by atoms with E-state index in [4.69, 9.17) is 5.73 Å². The van der Waals surface area contributed by atoms with Gasteiger partial charge in [-0.3, -0.25) is 4.98 Å². The Balaban J connectivity index is 0.00000400. The quantitative estimate of drug-likeness (QED) is 0.415. The first-order valence-electron chi connectivity index (χ1n) is 7.46. The third kappa shape index (κ3) is 9.66. The second-order valence-corrected chi connectivity index (χ2v) is 5.84. The van der Waals surface area contributed by atoms with Crippen LogP contribution >= 0.6 is 24.0 Å². The summed E-state index contributed by atoms with van der Waals surface area (Å²) < 4.78 is 0. The van der Waals surface area contributed by atoms with E-state index >= 15 is 0 Å². The molecule has 1 heterocycles. The number of nitrogens with one attached hydrogen (secondary N) is 1. The molecule has 0 aromatic carbocycles. The lowest BCUT2D eigenvalue weighted by Gasteiger charge is -2.15. The van der Waals surface area contributed by atoms with E-state index in [1.807, 2.05) is 25.1 Å². The van der Waals surface area contributed by atoms with Crippen molar-refractivity contribution in [3.8, 4) is 0 Å². The molecule has 4 nitrogen and oxygen atoms in total. The van der Waals surface area contributed by atoms with E-state index in [0.717, 1.165) is 23.7 Å². The molecule has 120 valence electrons. The third-order valence-corrected chi connectivity index (χ3v) is 3.17. The first kappa shape index (κ1) is 20.1. The lowest BCUT2D eigenvalue weighted by atomic mass is 10.0. The lowest BCUT2D eigenvalue weighted by molar-refractivity contribution is 0.493. The van der Waals surface area contributed by atoms with Crippen molar-refractivity contribution >= 4 is 29.9 Å². The first-order chi connectivity index (χ1) is 9.47. The van der Waals surface area contributed by atoms with Crippen LogP contribution in [0.3, 0.4) is 0 Å². The molecule has 0 aliphatic rings. The molecule has 21 heavy (non-hydrogen) atoms. The highest BCUT2D eigenvalue weighted by Gasteiger charge is 2.04. The summed E-state index contributed by atoms with van der Waals surface area (Å²) in [5.74, 6) is 1.27. The Labute approximate surface area is 146 Å². The van der Waals surface area contributed by atoms with Crippen LogP contribution in [0, 0.1) is 12.8 Å². The van der Waals surface area contributed by atoms with Crippen LogP contribution in [0.4, 0.5) is 0 Å². The Morgan fingerprint density at radius 1 is 1.29 bits per heavy atom. The normalized spacial score (nSPS) is 12.9. The molecule has 1 atom stereocenters. The number of aliphatic imine (C=N–C) groups is 1. The van der Waals surface area contributed by atoms with Gasteiger partial charge in [-0.2, -0.15) is 0 Å². The van der Waals surface area contributed by atoms with Gasteiger partial charge in [0.1, 0.15) is 0 Å². The van der Waals surface area contributed by atoms with Gasteiger partial charge in [0.25, 0.3) is 0 Å². The van der Waals surface area contributed by atoms with Crippen molar-refractivity contribution < 1.29 is 0 Å². The van der Waals surface area contributed by atoms with E-state index < -0.39 is 0 Å². The number of pyridine rings is 1. The molecule has 0 spiro atoms. The van der Waals surface area contributed by atoms with Crippen LogP contribution in [0.15, 0.2) is 23.2 Å². The molecule has 0 amide bonds. The van der Waals surface area contributed by atoms with Crippen LogP contribution in [0.1, 0.15) is 51.4 Å². The maximum absolute atomic E-state index is 5.90. The number of rotatable bonds is 7. The molecule has 1 aromatic heterocycles. The highest BCUT2D eigenvalue weighted by molar-refractivity contribution is 14.0. The molecule has 5 heteroatoms. The van der Waals surface area contributed by atoms with Gasteiger partial charge in [-0.05, 0) is 38.3 Å². The molecular formula is C16H29IN4. The predicted octanol–water partition coefficient (Wildman–Crippen LogP) is 3.63. The predicted molar refractivity (Wildman–Crippen MR) is 101 cm³/mol. The minimum atomic E-state index is 0. The van der Waals surface area contributed by atoms with Crippen LogP contribution in [-0.2, 0) is 6.54 Å². The average molecular weight is 404 g/mol. The average Bonchev–Trinajstić information content (AvgIpc) is 2.36. The van der Waals surface area contributed by atoms with Gasteiger partial charge in [0.2, 0.25) is 0 Å². The van der Waals surface area contributed by atoms with Gasteiger partial charge in [-0.15, -0.1) is 24.0 Å². The number of aromatic nitrogens is 1. The second-order valence-electron chi connectivity index (χ2n) is 5.84. The topological polar surface area (TPSA) is 63.3 Å². The summed E-state index contributed by atoms with van der Waals surface area (Å²) >= 11 is 0. The SMILES string of the molecule is Cc1cccc(CN=C(N)NC(C)CCCC(C)C)n1.I. The molecule has 3 N–H and O–H groups in total. The largest absolute Gasteiger partial charge is 0.370 e. The standard InChI is InChI=1S/C16H28N4.HI/c1-12(2)7-5-8-14(4)20-16(17)18-11-15-10-6-9-13(3)19-15;/h6,9-10,12,14H,5,7-8,11H2,1-4H3,(H3,17,18,20);1H. The fraction of sp³-hybridized carbons (Fsp3) is 0.625. The number of aryl methyl sites for hydroxylation is 1. The third-order valence-electron chi connectivity index (χ3n) is 3.17. The molecular weight excluding hydrogens is 375 g/mol. The van der Waals surface area contributed by atoms with Gasteiger partial charge in [0.15, 0.2) is 5.96 Å². The van der Waals surface area contributed by atoms with Gasteiger partial charge in [-0.25, -0.2) is 4.99 Å². The van der Waals surface area contributed by atoms with E-state index in [0.29, 0.717) is 18.5 Å². The molecule has 0 radical (unpaired) electrons. The number of hydrogen-bond donors (Lipinski definition) is 2. The Hall–Kier alpha value is -0.850. The van der Waals surface area contributed by atoms with E-state index in [-0.39, 0.29) is 24.0 Å². The van der Waals surface area contributed by atoms with Gasteiger partial charge in [0.05, 0.1) is 12.2 Å². The van der Waals surface area contributed by atoms with Gasteiger partial charge < -0.3 is 11.1 Å². The number of nitrogens with two attached hydrogens (primary N) is 1. The zero-order valence-corrected chi connectivity index (χ0v) is 15.9. The number of halogens is 1. The zero-order valence-electron chi connectivity index (χ0n) is 13.6. The summed E-state index contributed by atoms with van der Waals surface area (Å²) in [4.78, 5) is 8.74. The Bertz CT molecular complexity index is 432. The maximum Gasteiger partial charge on any atom is 0.189 e. The van der Waals surface area contributed by atoms with Crippen molar-refractivity contribution in [3.05, 3.63) is 29.6 Å². The first-order valence-corrected chi connectivity index (χ1v) is 7.46. The van der Waals surface area contributed by atoms with Gasteiger partial charge in [0, 0.05) is 11.7 Å².